The number of carbonyl (C=O) groups is 1. The summed E-state index contributed by atoms with van der Waals surface area (Å²) < 4.78 is 5.37. The van der Waals surface area contributed by atoms with Crippen LogP contribution in [-0.2, 0) is 11.3 Å². The molecule has 1 heterocycles. The Morgan fingerprint density at radius 2 is 1.92 bits per heavy atom. The van der Waals surface area contributed by atoms with Crippen molar-refractivity contribution in [3.63, 3.8) is 0 Å². The van der Waals surface area contributed by atoms with E-state index in [0.29, 0.717) is 31.4 Å². The lowest BCUT2D eigenvalue weighted by Crippen LogP contribution is -2.39. The van der Waals surface area contributed by atoms with Crippen LogP contribution in [0, 0.1) is 0 Å². The van der Waals surface area contributed by atoms with E-state index in [2.05, 4.69) is 39.9 Å². The fourth-order valence-corrected chi connectivity index (χ4v) is 2.35. The molecule has 0 aromatic carbocycles. The van der Waals surface area contributed by atoms with E-state index in [9.17, 15) is 4.79 Å². The summed E-state index contributed by atoms with van der Waals surface area (Å²) in [4.78, 5) is 15.7. The number of aromatic nitrogens is 1. The van der Waals surface area contributed by atoms with Gasteiger partial charge in [0.1, 0.15) is 0 Å². The van der Waals surface area contributed by atoms with Crippen LogP contribution in [0.15, 0.2) is 15.6 Å². The van der Waals surface area contributed by atoms with E-state index >= 15 is 0 Å². The molecule has 144 valence electrons. The average molecular weight is 465 g/mol. The number of hydrogen-bond acceptors (Lipinski definition) is 4. The molecule has 0 aliphatic carbocycles. The van der Waals surface area contributed by atoms with Gasteiger partial charge < -0.3 is 20.5 Å². The van der Waals surface area contributed by atoms with Crippen molar-refractivity contribution in [1.29, 1.82) is 0 Å². The van der Waals surface area contributed by atoms with Gasteiger partial charge >= 0.3 is 0 Å². The van der Waals surface area contributed by atoms with Crippen LogP contribution in [0.25, 0.3) is 0 Å². The summed E-state index contributed by atoms with van der Waals surface area (Å²) in [5.41, 5.74) is 1.01. The number of halogens is 1. The third-order valence-corrected chi connectivity index (χ3v) is 3.85. The molecule has 8 heteroatoms. The van der Waals surface area contributed by atoms with Crippen molar-refractivity contribution in [1.82, 2.24) is 21.1 Å². The van der Waals surface area contributed by atoms with Gasteiger partial charge in [0.05, 0.1) is 12.2 Å². The molecule has 0 aliphatic heterocycles. The molecule has 0 unspecified atom stereocenters. The zero-order valence-corrected chi connectivity index (χ0v) is 18.1. The number of guanidine groups is 1. The van der Waals surface area contributed by atoms with E-state index in [4.69, 9.17) is 4.52 Å². The fourth-order valence-electron chi connectivity index (χ4n) is 2.35. The van der Waals surface area contributed by atoms with Crippen LogP contribution in [-0.4, -0.2) is 37.2 Å². The molecule has 7 nitrogen and oxygen atoms in total. The Kier molecular flexibility index (Phi) is 13.2. The summed E-state index contributed by atoms with van der Waals surface area (Å²) in [7, 11) is 1.70. The molecular formula is C17H32IN5O2. The van der Waals surface area contributed by atoms with E-state index in [0.717, 1.165) is 37.3 Å². The highest BCUT2D eigenvalue weighted by atomic mass is 127. The molecular weight excluding hydrogens is 433 g/mol. The molecule has 1 aromatic heterocycles. The lowest BCUT2D eigenvalue weighted by molar-refractivity contribution is -0.120. The molecule has 0 saturated heterocycles. The van der Waals surface area contributed by atoms with Gasteiger partial charge in [-0.25, -0.2) is 0 Å². The van der Waals surface area contributed by atoms with Crippen molar-refractivity contribution >= 4 is 35.8 Å². The number of hydrogen-bond donors (Lipinski definition) is 3. The molecule has 0 radical (unpaired) electrons. The molecule has 0 spiro atoms. The van der Waals surface area contributed by atoms with Crippen LogP contribution >= 0.6 is 24.0 Å². The quantitative estimate of drug-likeness (QED) is 0.281. The summed E-state index contributed by atoms with van der Waals surface area (Å²) in [6.45, 7) is 8.10. The zero-order chi connectivity index (χ0) is 17.8. The Labute approximate surface area is 167 Å². The molecule has 1 aromatic rings. The predicted octanol–water partition coefficient (Wildman–Crippen LogP) is 2.78. The van der Waals surface area contributed by atoms with Gasteiger partial charge in [-0.05, 0) is 19.3 Å². The first-order valence-electron chi connectivity index (χ1n) is 8.81. The lowest BCUT2D eigenvalue weighted by atomic mass is 9.99. The van der Waals surface area contributed by atoms with Gasteiger partial charge in [0.2, 0.25) is 5.91 Å². The molecule has 0 saturated carbocycles. The van der Waals surface area contributed by atoms with Gasteiger partial charge in [0.15, 0.2) is 11.7 Å². The highest BCUT2D eigenvalue weighted by molar-refractivity contribution is 14.0. The molecule has 0 fully saturated rings. The van der Waals surface area contributed by atoms with E-state index in [1.807, 2.05) is 13.0 Å². The van der Waals surface area contributed by atoms with Gasteiger partial charge in [-0.1, -0.05) is 25.9 Å². The second kappa shape index (κ2) is 13.9. The molecule has 0 atom stereocenters. The van der Waals surface area contributed by atoms with E-state index in [1.54, 1.807) is 7.05 Å². The van der Waals surface area contributed by atoms with Crippen LogP contribution in [0.2, 0.25) is 0 Å². The normalized spacial score (nSPS) is 11.2. The number of amides is 1. The highest BCUT2D eigenvalue weighted by Gasteiger charge is 2.13. The maximum absolute atomic E-state index is 11.5. The van der Waals surface area contributed by atoms with E-state index < -0.39 is 0 Å². The molecule has 0 bridgehead atoms. The summed E-state index contributed by atoms with van der Waals surface area (Å²) in [6, 6.07) is 2.00. The van der Waals surface area contributed by atoms with Crippen LogP contribution in [0.3, 0.4) is 0 Å². The van der Waals surface area contributed by atoms with Crippen LogP contribution in [0.5, 0.6) is 0 Å². The monoisotopic (exact) mass is 465 g/mol. The Balaban J connectivity index is 0.00000576. The smallest absolute Gasteiger partial charge is 0.221 e. The maximum atomic E-state index is 11.5. The Hall–Kier alpha value is -1.32. The molecule has 25 heavy (non-hydrogen) atoms. The van der Waals surface area contributed by atoms with Gasteiger partial charge in [-0.15, -0.1) is 24.0 Å². The second-order valence-corrected chi connectivity index (χ2v) is 5.68. The third-order valence-electron chi connectivity index (χ3n) is 3.85. The topological polar surface area (TPSA) is 91.5 Å². The average Bonchev–Trinajstić information content (AvgIpc) is 3.06. The molecule has 0 aliphatic rings. The highest BCUT2D eigenvalue weighted by Crippen LogP contribution is 2.22. The van der Waals surface area contributed by atoms with Crippen molar-refractivity contribution in [3.05, 3.63) is 17.5 Å². The van der Waals surface area contributed by atoms with Crippen LogP contribution in [0.4, 0.5) is 0 Å². The first kappa shape index (κ1) is 23.7. The van der Waals surface area contributed by atoms with Crippen molar-refractivity contribution in [3.8, 4) is 0 Å². The molecule has 1 rings (SSSR count). The Bertz CT molecular complexity index is 515. The Morgan fingerprint density at radius 3 is 2.52 bits per heavy atom. The second-order valence-electron chi connectivity index (χ2n) is 5.68. The van der Waals surface area contributed by atoms with Gasteiger partial charge in [-0.2, -0.15) is 0 Å². The first-order chi connectivity index (χ1) is 11.6. The number of nitrogens with zero attached hydrogens (tertiary/aromatic N) is 2. The summed E-state index contributed by atoms with van der Waals surface area (Å²) >= 11 is 0. The SMILES string of the molecule is CCCNC(=O)CCNC(=NC)NCc1cc(C(CC)CC)no1.I. The van der Waals surface area contributed by atoms with Crippen molar-refractivity contribution in [2.24, 2.45) is 4.99 Å². The minimum atomic E-state index is 0. The lowest BCUT2D eigenvalue weighted by Gasteiger charge is -2.10. The standard InChI is InChI=1S/C17H31N5O2.HI/c1-5-9-19-16(23)8-10-20-17(18-4)21-12-14-11-15(22-24-14)13(6-2)7-3;/h11,13H,5-10,12H2,1-4H3,(H,19,23)(H2,18,20,21);1H. The van der Waals surface area contributed by atoms with Gasteiger partial charge in [0, 0.05) is 38.5 Å². The van der Waals surface area contributed by atoms with E-state index in [1.165, 1.54) is 0 Å². The van der Waals surface area contributed by atoms with Crippen molar-refractivity contribution in [2.45, 2.75) is 58.9 Å². The largest absolute Gasteiger partial charge is 0.359 e. The summed E-state index contributed by atoms with van der Waals surface area (Å²) in [6.07, 6.45) is 3.47. The van der Waals surface area contributed by atoms with Gasteiger partial charge in [0.25, 0.3) is 0 Å². The van der Waals surface area contributed by atoms with Gasteiger partial charge in [-0.3, -0.25) is 9.79 Å². The number of nitrogens with one attached hydrogen (secondary N) is 3. The third kappa shape index (κ3) is 9.08. The fraction of sp³-hybridized carbons (Fsp3) is 0.706. The van der Waals surface area contributed by atoms with Crippen molar-refractivity contribution in [2.75, 3.05) is 20.1 Å². The van der Waals surface area contributed by atoms with Crippen LogP contribution in [0.1, 0.15) is 63.8 Å². The Morgan fingerprint density at radius 1 is 1.20 bits per heavy atom. The molecule has 3 N–H and O–H groups in total. The zero-order valence-electron chi connectivity index (χ0n) is 15.7. The number of aliphatic imine (C=N–C) groups is 1. The minimum absolute atomic E-state index is 0. The summed E-state index contributed by atoms with van der Waals surface area (Å²) in [5.74, 6) is 1.91. The maximum Gasteiger partial charge on any atom is 0.221 e. The first-order valence-corrected chi connectivity index (χ1v) is 8.81. The summed E-state index contributed by atoms with van der Waals surface area (Å²) in [5, 5.41) is 13.3. The predicted molar refractivity (Wildman–Crippen MR) is 111 cm³/mol. The van der Waals surface area contributed by atoms with Crippen molar-refractivity contribution < 1.29 is 9.32 Å². The molecule has 1 amide bonds. The number of carbonyl (C=O) groups excluding carboxylic acids is 1. The van der Waals surface area contributed by atoms with Crippen LogP contribution < -0.4 is 16.0 Å². The van der Waals surface area contributed by atoms with E-state index in [-0.39, 0.29) is 29.9 Å². The number of rotatable bonds is 10. The minimum Gasteiger partial charge on any atom is -0.359 e.